The Balaban J connectivity index is 2.86. The zero-order valence-corrected chi connectivity index (χ0v) is 12.4. The molecule has 0 unspecified atom stereocenters. The van der Waals surface area contributed by atoms with Crippen LogP contribution < -0.4 is 10.1 Å². The van der Waals surface area contributed by atoms with E-state index in [-0.39, 0.29) is 24.3 Å². The van der Waals surface area contributed by atoms with Gasteiger partial charge in [-0.3, -0.25) is 9.59 Å². The molecule has 1 heterocycles. The van der Waals surface area contributed by atoms with Gasteiger partial charge in [-0.15, -0.1) is 11.3 Å². The van der Waals surface area contributed by atoms with Crippen LogP contribution in [-0.4, -0.2) is 36.1 Å². The zero-order chi connectivity index (χ0) is 14.4. The third-order valence-corrected chi connectivity index (χ3v) is 3.34. The monoisotopic (exact) mass is 285 g/mol. The summed E-state index contributed by atoms with van der Waals surface area (Å²) in [6, 6.07) is -0.634. The fraction of sp³-hybridized carbons (Fsp3) is 0.583. The third-order valence-electron chi connectivity index (χ3n) is 2.49. The predicted octanol–water partition coefficient (Wildman–Crippen LogP) is 0.301. The lowest BCUT2D eigenvalue weighted by atomic mass is 10.0. The number of aryl methyl sites for hydroxylation is 1. The Bertz CT molecular complexity index is 504. The lowest BCUT2D eigenvalue weighted by Crippen LogP contribution is -2.45. The van der Waals surface area contributed by atoms with Crippen molar-refractivity contribution in [1.82, 2.24) is 9.88 Å². The van der Waals surface area contributed by atoms with Crippen molar-refractivity contribution < 1.29 is 14.3 Å². The van der Waals surface area contributed by atoms with Gasteiger partial charge in [-0.25, -0.2) is 0 Å². The molecule has 6 nitrogen and oxygen atoms in total. The number of carbonyl (C=O) groups is 2. The van der Waals surface area contributed by atoms with Gasteiger partial charge in [0.2, 0.25) is 5.91 Å². The van der Waals surface area contributed by atoms with Gasteiger partial charge in [0, 0.05) is 25.7 Å². The van der Waals surface area contributed by atoms with E-state index in [9.17, 15) is 9.59 Å². The molecule has 0 aliphatic carbocycles. The number of amides is 2. The van der Waals surface area contributed by atoms with Gasteiger partial charge in [0.25, 0.3) is 5.91 Å². The van der Waals surface area contributed by atoms with Crippen molar-refractivity contribution in [1.29, 1.82) is 0 Å². The second-order valence-electron chi connectivity index (χ2n) is 4.47. The number of methoxy groups -OCH3 is 1. The lowest BCUT2D eigenvalue weighted by molar-refractivity contribution is -0.130. The van der Waals surface area contributed by atoms with E-state index in [0.717, 1.165) is 0 Å². The Morgan fingerprint density at radius 2 is 2.21 bits per heavy atom. The van der Waals surface area contributed by atoms with Crippen molar-refractivity contribution in [3.05, 3.63) is 16.4 Å². The highest BCUT2D eigenvalue weighted by Gasteiger charge is 2.23. The van der Waals surface area contributed by atoms with Gasteiger partial charge < -0.3 is 14.6 Å². The van der Waals surface area contributed by atoms with Crippen LogP contribution in [0.1, 0.15) is 13.8 Å². The minimum Gasteiger partial charge on any atom is -0.375 e. The largest absolute Gasteiger partial charge is 0.375 e. The molecule has 0 aromatic carbocycles. The van der Waals surface area contributed by atoms with Gasteiger partial charge >= 0.3 is 0 Å². The summed E-state index contributed by atoms with van der Waals surface area (Å²) in [7, 11) is 3.25. The zero-order valence-electron chi connectivity index (χ0n) is 11.5. The summed E-state index contributed by atoms with van der Waals surface area (Å²) in [6.45, 7) is 3.66. The van der Waals surface area contributed by atoms with E-state index in [1.165, 1.54) is 18.4 Å². The van der Waals surface area contributed by atoms with Crippen LogP contribution >= 0.6 is 11.3 Å². The van der Waals surface area contributed by atoms with Gasteiger partial charge in [-0.1, -0.05) is 13.8 Å². The normalized spacial score (nSPS) is 13.6. The molecule has 1 aromatic heterocycles. The predicted molar refractivity (Wildman–Crippen MR) is 72.5 cm³/mol. The van der Waals surface area contributed by atoms with E-state index >= 15 is 0 Å². The molecular weight excluding hydrogens is 266 g/mol. The summed E-state index contributed by atoms with van der Waals surface area (Å²) in [4.78, 5) is 28.3. The fourth-order valence-corrected chi connectivity index (χ4v) is 2.19. The van der Waals surface area contributed by atoms with Gasteiger partial charge in [0.05, 0.1) is 0 Å². The van der Waals surface area contributed by atoms with E-state index in [2.05, 4.69) is 10.3 Å². The Labute approximate surface area is 116 Å². The van der Waals surface area contributed by atoms with Gasteiger partial charge in [0.15, 0.2) is 4.80 Å². The Kier molecular flexibility index (Phi) is 5.91. The summed E-state index contributed by atoms with van der Waals surface area (Å²) in [5.41, 5.74) is 0. The van der Waals surface area contributed by atoms with Crippen LogP contribution in [0.15, 0.2) is 16.6 Å². The molecule has 106 valence electrons. The molecule has 0 radical (unpaired) electrons. The molecule has 7 heteroatoms. The molecule has 0 fully saturated rings. The third kappa shape index (κ3) is 4.60. The molecule has 1 N–H and O–H groups in total. The molecule has 0 aliphatic rings. The highest BCUT2D eigenvalue weighted by atomic mass is 32.1. The summed E-state index contributed by atoms with van der Waals surface area (Å²) < 4.78 is 6.49. The van der Waals surface area contributed by atoms with Crippen LogP contribution in [0.25, 0.3) is 0 Å². The number of hydrogen-bond acceptors (Lipinski definition) is 4. The van der Waals surface area contributed by atoms with Gasteiger partial charge in [0.1, 0.15) is 12.6 Å². The number of hydrogen-bond donors (Lipinski definition) is 1. The molecular formula is C12H19N3O3S. The molecule has 0 spiro atoms. The van der Waals surface area contributed by atoms with Crippen molar-refractivity contribution in [2.75, 3.05) is 13.7 Å². The smallest absolute Gasteiger partial charge is 0.271 e. The van der Waals surface area contributed by atoms with Crippen LogP contribution in [0.4, 0.5) is 0 Å². The Morgan fingerprint density at radius 3 is 2.68 bits per heavy atom. The van der Waals surface area contributed by atoms with E-state index in [4.69, 9.17) is 4.74 Å². The molecule has 1 aromatic rings. The van der Waals surface area contributed by atoms with Crippen LogP contribution in [0.5, 0.6) is 0 Å². The Morgan fingerprint density at radius 1 is 1.53 bits per heavy atom. The molecule has 0 saturated heterocycles. The van der Waals surface area contributed by atoms with Crippen LogP contribution in [-0.2, 0) is 21.4 Å². The van der Waals surface area contributed by atoms with Crippen LogP contribution in [0.3, 0.4) is 0 Å². The highest BCUT2D eigenvalue weighted by Crippen LogP contribution is 2.04. The SMILES string of the molecule is COCC(=O)N[C@H](C(=O)N=c1sccn1C)C(C)C. The van der Waals surface area contributed by atoms with Crippen molar-refractivity contribution >= 4 is 23.2 Å². The first-order valence-electron chi connectivity index (χ1n) is 5.92. The molecule has 0 bridgehead atoms. The standard InChI is InChI=1S/C12H19N3O3S/c1-8(2)10(13-9(16)7-18-4)11(17)14-12-15(3)5-6-19-12/h5-6,8,10H,7H2,1-4H3,(H,13,16)/t10-/m0/s1. The number of nitrogens with one attached hydrogen (secondary N) is 1. The number of thiazole rings is 1. The maximum atomic E-state index is 12.1. The summed E-state index contributed by atoms with van der Waals surface area (Å²) in [5.74, 6) is -0.708. The first-order valence-corrected chi connectivity index (χ1v) is 6.80. The fourth-order valence-electron chi connectivity index (χ4n) is 1.46. The lowest BCUT2D eigenvalue weighted by Gasteiger charge is -2.18. The van der Waals surface area contributed by atoms with E-state index in [1.807, 2.05) is 32.5 Å². The topological polar surface area (TPSA) is 72.7 Å². The molecule has 1 atom stereocenters. The van der Waals surface area contributed by atoms with Crippen LogP contribution in [0, 0.1) is 5.92 Å². The quantitative estimate of drug-likeness (QED) is 0.846. The number of ether oxygens (including phenoxy) is 1. The Hall–Kier alpha value is -1.47. The molecule has 0 aliphatic heterocycles. The number of nitrogens with zero attached hydrogens (tertiary/aromatic N) is 2. The second kappa shape index (κ2) is 7.20. The van der Waals surface area contributed by atoms with Gasteiger partial charge in [-0.2, -0.15) is 4.99 Å². The minimum absolute atomic E-state index is 0.0395. The average molecular weight is 285 g/mol. The number of carbonyl (C=O) groups excluding carboxylic acids is 2. The molecule has 1 rings (SSSR count). The molecule has 2 amide bonds. The van der Waals surface area contributed by atoms with Crippen molar-refractivity contribution in [2.24, 2.45) is 18.0 Å². The molecule has 0 saturated carbocycles. The maximum absolute atomic E-state index is 12.1. The van der Waals surface area contributed by atoms with Crippen molar-refractivity contribution in [3.8, 4) is 0 Å². The average Bonchev–Trinajstić information content (AvgIpc) is 2.72. The van der Waals surface area contributed by atoms with Crippen molar-refractivity contribution in [3.63, 3.8) is 0 Å². The van der Waals surface area contributed by atoms with E-state index < -0.39 is 6.04 Å². The molecule has 19 heavy (non-hydrogen) atoms. The van der Waals surface area contributed by atoms with Crippen molar-refractivity contribution in [2.45, 2.75) is 19.9 Å². The number of aromatic nitrogens is 1. The highest BCUT2D eigenvalue weighted by molar-refractivity contribution is 7.07. The number of rotatable bonds is 5. The van der Waals surface area contributed by atoms with E-state index in [1.54, 1.807) is 4.57 Å². The summed E-state index contributed by atoms with van der Waals surface area (Å²) >= 11 is 1.37. The minimum atomic E-state index is -0.634. The van der Waals surface area contributed by atoms with Crippen LogP contribution in [0.2, 0.25) is 0 Å². The summed E-state index contributed by atoms with van der Waals surface area (Å²) in [6.07, 6.45) is 1.82. The first-order chi connectivity index (χ1) is 8.95. The maximum Gasteiger partial charge on any atom is 0.271 e. The first kappa shape index (κ1) is 15.6. The van der Waals surface area contributed by atoms with E-state index in [0.29, 0.717) is 4.80 Å². The second-order valence-corrected chi connectivity index (χ2v) is 5.34. The summed E-state index contributed by atoms with van der Waals surface area (Å²) in [5, 5.41) is 4.48. The van der Waals surface area contributed by atoms with Gasteiger partial charge in [-0.05, 0) is 5.92 Å².